The molecule has 1 fully saturated rings. The van der Waals surface area contributed by atoms with Crippen molar-refractivity contribution >= 4 is 0 Å². The first-order chi connectivity index (χ1) is 15.5. The summed E-state index contributed by atoms with van der Waals surface area (Å²) in [6, 6.07) is 0. The van der Waals surface area contributed by atoms with Crippen molar-refractivity contribution < 1.29 is 29.9 Å². The fourth-order valence-corrected chi connectivity index (χ4v) is 4.53. The van der Waals surface area contributed by atoms with Crippen LogP contribution in [0.2, 0.25) is 0 Å². The minimum absolute atomic E-state index is 0.397. The van der Waals surface area contributed by atoms with E-state index in [9.17, 15) is 20.4 Å². The van der Waals surface area contributed by atoms with E-state index in [1.54, 1.807) is 0 Å². The lowest BCUT2D eigenvalue weighted by atomic mass is 9.94. The lowest BCUT2D eigenvalue weighted by Gasteiger charge is -2.40. The molecule has 6 atom stereocenters. The molecule has 1 aliphatic rings. The lowest BCUT2D eigenvalue weighted by Crippen LogP contribution is -2.59. The van der Waals surface area contributed by atoms with Crippen LogP contribution in [0.3, 0.4) is 0 Å². The fourth-order valence-electron chi connectivity index (χ4n) is 4.53. The average Bonchev–Trinajstić information content (AvgIpc) is 2.80. The number of hydrogen-bond donors (Lipinski definition) is 4. The molecular weight excluding hydrogens is 408 g/mol. The molecule has 1 rings (SSSR count). The molecule has 0 aromatic rings. The van der Waals surface area contributed by atoms with Gasteiger partial charge in [-0.15, -0.1) is 0 Å². The van der Waals surface area contributed by atoms with Gasteiger partial charge in [-0.25, -0.2) is 0 Å². The molecule has 0 bridgehead atoms. The largest absolute Gasteiger partial charge is 0.394 e. The third-order valence-electron chi connectivity index (χ3n) is 6.78. The van der Waals surface area contributed by atoms with Crippen molar-refractivity contribution in [2.45, 2.75) is 147 Å². The van der Waals surface area contributed by atoms with Crippen molar-refractivity contribution in [2.75, 3.05) is 13.2 Å². The molecule has 6 heteroatoms. The molecule has 0 radical (unpaired) electrons. The Hall–Kier alpha value is -0.240. The van der Waals surface area contributed by atoms with Gasteiger partial charge in [0.2, 0.25) is 0 Å². The van der Waals surface area contributed by atoms with Crippen molar-refractivity contribution in [1.82, 2.24) is 0 Å². The zero-order valence-electron chi connectivity index (χ0n) is 20.8. The van der Waals surface area contributed by atoms with E-state index in [2.05, 4.69) is 13.8 Å². The molecule has 0 aliphatic carbocycles. The SMILES string of the molecule is CCCCCCCCCCC(CCCCCCCC)COC1O[C@H](CO)[C@@H](O)[C@H](O)[C@@H]1O. The van der Waals surface area contributed by atoms with E-state index in [1.165, 1.54) is 89.9 Å². The van der Waals surface area contributed by atoms with Gasteiger partial charge in [0.05, 0.1) is 13.2 Å². The highest BCUT2D eigenvalue weighted by molar-refractivity contribution is 4.89. The number of aliphatic hydroxyl groups excluding tert-OH is 4. The van der Waals surface area contributed by atoms with Gasteiger partial charge in [-0.05, 0) is 18.8 Å². The van der Waals surface area contributed by atoms with Crippen LogP contribution in [-0.4, -0.2) is 64.3 Å². The van der Waals surface area contributed by atoms with Gasteiger partial charge >= 0.3 is 0 Å². The van der Waals surface area contributed by atoms with Crippen LogP contribution < -0.4 is 0 Å². The molecule has 0 spiro atoms. The van der Waals surface area contributed by atoms with Crippen LogP contribution >= 0.6 is 0 Å². The van der Waals surface area contributed by atoms with Gasteiger partial charge in [-0.1, -0.05) is 104 Å². The molecule has 4 N–H and O–H groups in total. The number of hydrogen-bond acceptors (Lipinski definition) is 6. The predicted octanol–water partition coefficient (Wildman–Crippen LogP) is 4.70. The van der Waals surface area contributed by atoms with Crippen molar-refractivity contribution in [3.63, 3.8) is 0 Å². The first-order valence-electron chi connectivity index (χ1n) is 13.5. The summed E-state index contributed by atoms with van der Waals surface area (Å²) < 4.78 is 11.4. The fraction of sp³-hybridized carbons (Fsp3) is 1.00. The van der Waals surface area contributed by atoms with Crippen LogP contribution in [0.4, 0.5) is 0 Å². The van der Waals surface area contributed by atoms with Crippen molar-refractivity contribution in [1.29, 1.82) is 0 Å². The van der Waals surface area contributed by atoms with Gasteiger partial charge in [-0.3, -0.25) is 0 Å². The molecule has 1 saturated heterocycles. The first-order valence-corrected chi connectivity index (χ1v) is 13.5. The summed E-state index contributed by atoms with van der Waals surface area (Å²) >= 11 is 0. The van der Waals surface area contributed by atoms with E-state index in [0.29, 0.717) is 12.5 Å². The molecule has 1 aliphatic heterocycles. The van der Waals surface area contributed by atoms with E-state index in [-0.39, 0.29) is 0 Å². The summed E-state index contributed by atoms with van der Waals surface area (Å²) in [7, 11) is 0. The van der Waals surface area contributed by atoms with Gasteiger partial charge in [0.15, 0.2) is 6.29 Å². The monoisotopic (exact) mass is 460 g/mol. The normalized spacial score (nSPS) is 27.0. The number of rotatable bonds is 20. The topological polar surface area (TPSA) is 99.4 Å². The maximum atomic E-state index is 10.2. The zero-order valence-corrected chi connectivity index (χ0v) is 20.8. The van der Waals surface area contributed by atoms with Gasteiger partial charge in [0.25, 0.3) is 0 Å². The second-order valence-electron chi connectivity index (χ2n) is 9.72. The molecule has 0 amide bonds. The average molecular weight is 461 g/mol. The minimum Gasteiger partial charge on any atom is -0.394 e. The molecule has 0 aromatic carbocycles. The molecule has 192 valence electrons. The molecule has 2 unspecified atom stereocenters. The van der Waals surface area contributed by atoms with Crippen LogP contribution in [0.1, 0.15) is 117 Å². The van der Waals surface area contributed by atoms with E-state index in [1.807, 2.05) is 0 Å². The van der Waals surface area contributed by atoms with Crippen LogP contribution in [0.15, 0.2) is 0 Å². The summed E-state index contributed by atoms with van der Waals surface area (Å²) in [6.07, 6.45) is 14.2. The standard InChI is InChI=1S/C26H52O6/c1-3-5-7-9-11-12-14-16-18-21(17-15-13-10-8-6-4-2)20-31-26-25(30)24(29)23(28)22(19-27)32-26/h21-30H,3-20H2,1-2H3/t21?,22-,23-,24+,25+,26?/m1/s1. The second-order valence-corrected chi connectivity index (χ2v) is 9.72. The number of aliphatic hydroxyl groups is 4. The van der Waals surface area contributed by atoms with Crippen molar-refractivity contribution in [3.05, 3.63) is 0 Å². The highest BCUT2D eigenvalue weighted by atomic mass is 16.7. The Morgan fingerprint density at radius 1 is 0.656 bits per heavy atom. The molecule has 32 heavy (non-hydrogen) atoms. The third kappa shape index (κ3) is 12.3. The molecule has 0 aromatic heterocycles. The highest BCUT2D eigenvalue weighted by Gasteiger charge is 2.44. The maximum absolute atomic E-state index is 10.2. The number of unbranched alkanes of at least 4 members (excludes halogenated alkanes) is 12. The van der Waals surface area contributed by atoms with E-state index in [4.69, 9.17) is 9.47 Å². The molecule has 6 nitrogen and oxygen atoms in total. The van der Waals surface area contributed by atoms with Crippen molar-refractivity contribution in [2.24, 2.45) is 5.92 Å². The van der Waals surface area contributed by atoms with E-state index >= 15 is 0 Å². The van der Waals surface area contributed by atoms with Gasteiger partial charge < -0.3 is 29.9 Å². The Morgan fingerprint density at radius 2 is 1.12 bits per heavy atom. The van der Waals surface area contributed by atoms with E-state index in [0.717, 1.165) is 12.8 Å². The predicted molar refractivity (Wildman–Crippen MR) is 128 cm³/mol. The van der Waals surface area contributed by atoms with Crippen LogP contribution in [0.25, 0.3) is 0 Å². The Balaban J connectivity index is 2.40. The minimum atomic E-state index is -1.38. The molecular formula is C26H52O6. The van der Waals surface area contributed by atoms with Crippen LogP contribution in [0.5, 0.6) is 0 Å². The highest BCUT2D eigenvalue weighted by Crippen LogP contribution is 2.25. The Morgan fingerprint density at radius 3 is 1.59 bits per heavy atom. The second kappa shape index (κ2) is 19.1. The molecule has 0 saturated carbocycles. The van der Waals surface area contributed by atoms with E-state index < -0.39 is 37.3 Å². The summed E-state index contributed by atoms with van der Waals surface area (Å²) in [5, 5.41) is 39.5. The zero-order chi connectivity index (χ0) is 23.6. The summed E-state index contributed by atoms with van der Waals surface area (Å²) in [6.45, 7) is 4.52. The number of ether oxygens (including phenoxy) is 2. The third-order valence-corrected chi connectivity index (χ3v) is 6.78. The first kappa shape index (κ1) is 29.8. The maximum Gasteiger partial charge on any atom is 0.186 e. The molecule has 1 heterocycles. The van der Waals surface area contributed by atoms with Crippen LogP contribution in [-0.2, 0) is 9.47 Å². The van der Waals surface area contributed by atoms with Crippen LogP contribution in [0, 0.1) is 5.92 Å². The van der Waals surface area contributed by atoms with Crippen molar-refractivity contribution in [3.8, 4) is 0 Å². The van der Waals surface area contributed by atoms with Gasteiger partial charge in [0.1, 0.15) is 24.4 Å². The quantitative estimate of drug-likeness (QED) is 0.197. The smallest absolute Gasteiger partial charge is 0.186 e. The Labute approximate surface area is 196 Å². The lowest BCUT2D eigenvalue weighted by molar-refractivity contribution is -0.303. The van der Waals surface area contributed by atoms with Gasteiger partial charge in [-0.2, -0.15) is 0 Å². The Kier molecular flexibility index (Phi) is 17.8. The summed E-state index contributed by atoms with van der Waals surface area (Å²) in [5.74, 6) is 0.397. The summed E-state index contributed by atoms with van der Waals surface area (Å²) in [4.78, 5) is 0. The Bertz CT molecular complexity index is 419. The van der Waals surface area contributed by atoms with Gasteiger partial charge in [0, 0.05) is 0 Å². The summed E-state index contributed by atoms with van der Waals surface area (Å²) in [5.41, 5.74) is 0.